The van der Waals surface area contributed by atoms with Crippen LogP contribution in [0.1, 0.15) is 51.4 Å². The molecule has 0 aromatic carbocycles. The molecule has 0 aliphatic carbocycles. The lowest BCUT2D eigenvalue weighted by molar-refractivity contribution is 0.105. The Labute approximate surface area is 121 Å². The van der Waals surface area contributed by atoms with Crippen LogP contribution in [0.4, 0.5) is 0 Å². The molecule has 0 amide bonds. The van der Waals surface area contributed by atoms with Crippen molar-refractivity contribution in [3.63, 3.8) is 0 Å². The van der Waals surface area contributed by atoms with Gasteiger partial charge in [-0.15, -0.1) is 23.2 Å². The Balaban J connectivity index is 3.10. The largest absolute Gasteiger partial charge is 0.666 e. The van der Waals surface area contributed by atoms with Gasteiger partial charge in [0.15, 0.2) is 0 Å². The fraction of sp³-hybridized carbons (Fsp3) is 1.00. The van der Waals surface area contributed by atoms with Crippen LogP contribution in [0.15, 0.2) is 0 Å². The lowest BCUT2D eigenvalue weighted by Crippen LogP contribution is -2.22. The van der Waals surface area contributed by atoms with Gasteiger partial charge in [0, 0.05) is 25.0 Å². The lowest BCUT2D eigenvalue weighted by Gasteiger charge is -2.07. The third kappa shape index (κ3) is 14.6. The van der Waals surface area contributed by atoms with Crippen molar-refractivity contribution in [3.8, 4) is 0 Å². The summed E-state index contributed by atoms with van der Waals surface area (Å²) in [6.45, 7) is 0.950. The third-order valence-electron chi connectivity index (χ3n) is 2.56. The van der Waals surface area contributed by atoms with E-state index in [1.807, 2.05) is 0 Å². The second kappa shape index (κ2) is 15.6. The Morgan fingerprint density at radius 3 is 1.44 bits per heavy atom. The highest BCUT2D eigenvalue weighted by molar-refractivity contribution is 6.34. The van der Waals surface area contributed by atoms with Crippen LogP contribution in [-0.4, -0.2) is 32.3 Å². The number of rotatable bonds is 14. The average Bonchev–Trinajstić information content (AvgIpc) is 2.38. The number of unbranched alkanes of at least 4 members (excludes halogenated alkanes) is 6. The summed E-state index contributed by atoms with van der Waals surface area (Å²) in [6.07, 6.45) is 8.15. The van der Waals surface area contributed by atoms with E-state index in [2.05, 4.69) is 0 Å². The number of hydrogen-bond donors (Lipinski definition) is 0. The third-order valence-corrected chi connectivity index (χ3v) is 3.10. The van der Waals surface area contributed by atoms with Crippen LogP contribution >= 0.6 is 23.2 Å². The van der Waals surface area contributed by atoms with Gasteiger partial charge in [-0.1, -0.05) is 25.7 Å². The second-order valence-electron chi connectivity index (χ2n) is 4.24. The predicted octanol–water partition coefficient (Wildman–Crippen LogP) is 4.03. The van der Waals surface area contributed by atoms with Gasteiger partial charge in [-0.3, -0.25) is 0 Å². The molecular formula is C12H24BCl2O3. The van der Waals surface area contributed by atoms with Gasteiger partial charge in [-0.05, 0) is 25.7 Å². The first-order valence-electron chi connectivity index (χ1n) is 6.82. The molecule has 18 heavy (non-hydrogen) atoms. The Morgan fingerprint density at radius 1 is 0.667 bits per heavy atom. The topological polar surface area (TPSA) is 38.4 Å². The molecule has 0 heterocycles. The summed E-state index contributed by atoms with van der Waals surface area (Å²) in [4.78, 5) is 0. The van der Waals surface area contributed by atoms with E-state index in [1.54, 1.807) is 0 Å². The lowest BCUT2D eigenvalue weighted by atomic mass is 10.2. The molecule has 0 saturated heterocycles. The highest BCUT2D eigenvalue weighted by atomic mass is 35.5. The number of halogens is 2. The molecule has 0 aliphatic rings. The Kier molecular flexibility index (Phi) is 16.0. The van der Waals surface area contributed by atoms with Gasteiger partial charge in [0.05, 0.1) is 0 Å². The van der Waals surface area contributed by atoms with Crippen molar-refractivity contribution in [1.29, 1.82) is 0 Å². The van der Waals surface area contributed by atoms with Gasteiger partial charge < -0.3 is 9.31 Å². The first-order chi connectivity index (χ1) is 8.81. The maximum absolute atomic E-state index is 11.2. The maximum Gasteiger partial charge on any atom is 0.666 e. The summed E-state index contributed by atoms with van der Waals surface area (Å²) in [7, 11) is -1.33. The summed E-state index contributed by atoms with van der Waals surface area (Å²) in [6, 6.07) is 0. The Hall–Kier alpha value is 0.525. The minimum atomic E-state index is -1.33. The maximum atomic E-state index is 11.2. The standard InChI is InChI=1S/C12H24BCl2O3/c14-9-5-1-3-7-11-17-13(16)18-12-8-4-2-6-10-15/h1-12H2. The molecule has 3 nitrogen and oxygen atoms in total. The molecule has 1 radical (unpaired) electrons. The van der Waals surface area contributed by atoms with Crippen molar-refractivity contribution in [2.45, 2.75) is 51.4 Å². The molecule has 0 atom stereocenters. The fourth-order valence-electron chi connectivity index (χ4n) is 1.51. The van der Waals surface area contributed by atoms with Crippen LogP contribution in [0, 0.1) is 0 Å². The molecule has 0 bridgehead atoms. The van der Waals surface area contributed by atoms with Crippen LogP contribution in [0.5, 0.6) is 0 Å². The molecule has 6 heteroatoms. The molecule has 0 spiro atoms. The molecule has 0 N–H and O–H groups in total. The quantitative estimate of drug-likeness (QED) is 0.276. The van der Waals surface area contributed by atoms with Crippen LogP contribution in [-0.2, 0) is 14.3 Å². The van der Waals surface area contributed by atoms with Crippen LogP contribution in [0.25, 0.3) is 0 Å². The van der Waals surface area contributed by atoms with Crippen molar-refractivity contribution in [2.75, 3.05) is 25.0 Å². The number of hydrogen-bond acceptors (Lipinski definition) is 2. The van der Waals surface area contributed by atoms with Gasteiger partial charge in [0.2, 0.25) is 0 Å². The van der Waals surface area contributed by atoms with Crippen LogP contribution < -0.4 is 0 Å². The molecule has 0 aromatic rings. The summed E-state index contributed by atoms with van der Waals surface area (Å²) in [5.41, 5.74) is 0. The van der Waals surface area contributed by atoms with Crippen molar-refractivity contribution < 1.29 is 14.3 Å². The van der Waals surface area contributed by atoms with E-state index in [0.29, 0.717) is 25.0 Å². The summed E-state index contributed by atoms with van der Waals surface area (Å²) in [5.74, 6) is 1.41. The zero-order valence-corrected chi connectivity index (χ0v) is 12.6. The fourth-order valence-corrected chi connectivity index (χ4v) is 1.89. The minimum absolute atomic E-state index is 0.475. The molecule has 107 valence electrons. The highest BCUT2D eigenvalue weighted by Crippen LogP contribution is 2.03. The molecule has 0 saturated carbocycles. The minimum Gasteiger partial charge on any atom is -0.384 e. The van der Waals surface area contributed by atoms with Gasteiger partial charge in [-0.25, -0.2) is 5.02 Å². The van der Waals surface area contributed by atoms with Crippen LogP contribution in [0.2, 0.25) is 0 Å². The zero-order valence-electron chi connectivity index (χ0n) is 11.0. The summed E-state index contributed by atoms with van der Waals surface area (Å²) < 4.78 is 10.0. The van der Waals surface area contributed by atoms with Gasteiger partial charge in [-0.2, -0.15) is 0 Å². The normalized spacial score (nSPS) is 10.8. The van der Waals surface area contributed by atoms with E-state index in [0.717, 1.165) is 51.4 Å². The SMILES string of the molecule is [O]B(OCCCCCCCl)OCCCCCCCl. The summed E-state index contributed by atoms with van der Waals surface area (Å²) >= 11 is 11.1. The van der Waals surface area contributed by atoms with Crippen molar-refractivity contribution in [3.05, 3.63) is 0 Å². The first-order valence-corrected chi connectivity index (χ1v) is 7.89. The first kappa shape index (κ1) is 18.5. The van der Waals surface area contributed by atoms with E-state index in [4.69, 9.17) is 32.5 Å². The molecule has 0 aliphatic heterocycles. The predicted molar refractivity (Wildman–Crippen MR) is 76.7 cm³/mol. The van der Waals surface area contributed by atoms with Crippen molar-refractivity contribution >= 4 is 30.5 Å². The van der Waals surface area contributed by atoms with Crippen molar-refractivity contribution in [2.24, 2.45) is 0 Å². The van der Waals surface area contributed by atoms with E-state index < -0.39 is 7.32 Å². The van der Waals surface area contributed by atoms with E-state index in [9.17, 15) is 5.02 Å². The molecular weight excluding hydrogens is 274 g/mol. The second-order valence-corrected chi connectivity index (χ2v) is 4.99. The van der Waals surface area contributed by atoms with Crippen molar-refractivity contribution in [1.82, 2.24) is 0 Å². The Bertz CT molecular complexity index is 148. The molecule has 0 rings (SSSR count). The van der Waals surface area contributed by atoms with E-state index >= 15 is 0 Å². The molecule has 0 fully saturated rings. The monoisotopic (exact) mass is 297 g/mol. The highest BCUT2D eigenvalue weighted by Gasteiger charge is 2.16. The Morgan fingerprint density at radius 2 is 1.06 bits per heavy atom. The van der Waals surface area contributed by atoms with Gasteiger partial charge in [0.1, 0.15) is 0 Å². The van der Waals surface area contributed by atoms with Gasteiger partial charge >= 0.3 is 7.32 Å². The molecule has 0 aromatic heterocycles. The van der Waals surface area contributed by atoms with E-state index in [1.165, 1.54) is 0 Å². The summed E-state index contributed by atoms with van der Waals surface area (Å²) in [5, 5.41) is 11.2. The van der Waals surface area contributed by atoms with Gasteiger partial charge in [0.25, 0.3) is 0 Å². The number of alkyl halides is 2. The molecule has 0 unspecified atom stereocenters. The van der Waals surface area contributed by atoms with E-state index in [-0.39, 0.29) is 0 Å². The smallest absolute Gasteiger partial charge is 0.384 e. The van der Waals surface area contributed by atoms with Crippen LogP contribution in [0.3, 0.4) is 0 Å². The zero-order chi connectivity index (χ0) is 13.5. The average molecular weight is 298 g/mol.